The van der Waals surface area contributed by atoms with Gasteiger partial charge in [-0.3, -0.25) is 4.90 Å². The fourth-order valence-corrected chi connectivity index (χ4v) is 5.96. The smallest absolute Gasteiger partial charge is 0.154 e. The van der Waals surface area contributed by atoms with Crippen LogP contribution >= 0.6 is 11.6 Å². The Bertz CT molecular complexity index is 1140. The lowest BCUT2D eigenvalue weighted by atomic mass is 9.84. The van der Waals surface area contributed by atoms with E-state index >= 15 is 0 Å². The Hall–Kier alpha value is -2.42. The molecule has 1 aliphatic heterocycles. The molecule has 2 heterocycles. The third-order valence-corrected chi connectivity index (χ3v) is 7.26. The lowest BCUT2D eigenvalue weighted by molar-refractivity contribution is 0.0180. The van der Waals surface area contributed by atoms with Gasteiger partial charge < -0.3 is 0 Å². The van der Waals surface area contributed by atoms with Crippen LogP contribution in [0.25, 0.3) is 0 Å². The molecule has 31 heavy (non-hydrogen) atoms. The Morgan fingerprint density at radius 2 is 1.65 bits per heavy atom. The molecule has 0 aliphatic carbocycles. The maximum atomic E-state index is 13.5. The molecular weight excluding hydrogens is 444 g/mol. The summed E-state index contributed by atoms with van der Waals surface area (Å²) in [6.45, 7) is 1.15. The summed E-state index contributed by atoms with van der Waals surface area (Å²) in [5, 5.41) is 0.600. The molecule has 1 aliphatic rings. The van der Waals surface area contributed by atoms with Crippen molar-refractivity contribution in [3.05, 3.63) is 94.5 Å². The van der Waals surface area contributed by atoms with Crippen molar-refractivity contribution in [1.29, 1.82) is 0 Å². The maximum Gasteiger partial charge on any atom is 0.154 e. The van der Waals surface area contributed by atoms with E-state index in [9.17, 15) is 17.2 Å². The van der Waals surface area contributed by atoms with Crippen LogP contribution in [0, 0.1) is 17.6 Å². The standard InChI is InChI=1S/C22H20ClF2N3O2S/c23-19-3-1-17(2-4-19)22-18(11-28(22)10-16-8-26-14-27-9-16)13-31(29,30)12-15-5-20(24)7-21(25)6-15/h1-9,14,18,22H,10-13H2. The highest BCUT2D eigenvalue weighted by Gasteiger charge is 2.42. The molecule has 0 N–H and O–H groups in total. The van der Waals surface area contributed by atoms with Gasteiger partial charge in [0.1, 0.15) is 18.0 Å². The fourth-order valence-electron chi connectivity index (χ4n) is 4.10. The number of hydrogen-bond acceptors (Lipinski definition) is 5. The molecular formula is C22H20ClF2N3O2S. The summed E-state index contributed by atoms with van der Waals surface area (Å²) < 4.78 is 52.5. The molecule has 0 amide bonds. The molecule has 2 atom stereocenters. The second kappa shape index (κ2) is 8.98. The normalized spacial score (nSPS) is 19.2. The van der Waals surface area contributed by atoms with Crippen LogP contribution in [0.15, 0.2) is 61.2 Å². The molecule has 4 rings (SSSR count). The number of hydrogen-bond donors (Lipinski definition) is 0. The Kier molecular flexibility index (Phi) is 6.31. The van der Waals surface area contributed by atoms with E-state index < -0.39 is 27.2 Å². The van der Waals surface area contributed by atoms with Gasteiger partial charge in [0.2, 0.25) is 0 Å². The molecule has 2 aromatic carbocycles. The predicted octanol–water partition coefficient (Wildman–Crippen LogP) is 4.20. The molecule has 1 saturated heterocycles. The lowest BCUT2D eigenvalue weighted by Gasteiger charge is -2.48. The number of benzene rings is 2. The zero-order valence-corrected chi connectivity index (χ0v) is 18.0. The first-order valence-corrected chi connectivity index (χ1v) is 11.9. The Morgan fingerprint density at radius 3 is 2.29 bits per heavy atom. The van der Waals surface area contributed by atoms with Gasteiger partial charge in [0.05, 0.1) is 11.5 Å². The summed E-state index contributed by atoms with van der Waals surface area (Å²) in [7, 11) is -3.58. The highest BCUT2D eigenvalue weighted by Crippen LogP contribution is 2.41. The summed E-state index contributed by atoms with van der Waals surface area (Å²) in [6, 6.07) is 10.0. The minimum absolute atomic E-state index is 0.0831. The van der Waals surface area contributed by atoms with E-state index in [4.69, 9.17) is 11.6 Å². The lowest BCUT2D eigenvalue weighted by Crippen LogP contribution is -2.51. The summed E-state index contributed by atoms with van der Waals surface area (Å²) in [4.78, 5) is 10.2. The van der Waals surface area contributed by atoms with Gasteiger partial charge in [0.15, 0.2) is 9.84 Å². The minimum Gasteiger partial charge on any atom is -0.291 e. The summed E-state index contributed by atoms with van der Waals surface area (Å²) in [6.07, 6.45) is 4.92. The molecule has 9 heteroatoms. The molecule has 1 aromatic heterocycles. The molecule has 0 bridgehead atoms. The topological polar surface area (TPSA) is 63.2 Å². The second-order valence-corrected chi connectivity index (χ2v) is 10.3. The Labute approximate surface area is 184 Å². The van der Waals surface area contributed by atoms with Crippen LogP contribution < -0.4 is 0 Å². The molecule has 1 fully saturated rings. The van der Waals surface area contributed by atoms with Crippen LogP contribution in [0.5, 0.6) is 0 Å². The van der Waals surface area contributed by atoms with Crippen LogP contribution in [-0.2, 0) is 22.1 Å². The molecule has 2 unspecified atom stereocenters. The van der Waals surface area contributed by atoms with Gasteiger partial charge in [0, 0.05) is 54.1 Å². The molecule has 0 radical (unpaired) electrons. The van der Waals surface area contributed by atoms with E-state index in [1.54, 1.807) is 24.5 Å². The molecule has 0 spiro atoms. The minimum atomic E-state index is -3.58. The number of likely N-dealkylation sites (tertiary alicyclic amines) is 1. The van der Waals surface area contributed by atoms with Gasteiger partial charge in [-0.25, -0.2) is 27.2 Å². The summed E-state index contributed by atoms with van der Waals surface area (Å²) in [5.41, 5.74) is 2.00. The van der Waals surface area contributed by atoms with E-state index in [1.165, 1.54) is 6.33 Å². The first kappa shape index (κ1) is 21.8. The molecule has 0 saturated carbocycles. The van der Waals surface area contributed by atoms with Gasteiger partial charge in [0.25, 0.3) is 0 Å². The maximum absolute atomic E-state index is 13.5. The molecule has 162 valence electrons. The average Bonchev–Trinajstić information content (AvgIpc) is 2.68. The van der Waals surface area contributed by atoms with Gasteiger partial charge in [-0.05, 0) is 35.4 Å². The van der Waals surface area contributed by atoms with Crippen molar-refractivity contribution in [3.63, 3.8) is 0 Å². The van der Waals surface area contributed by atoms with Crippen molar-refractivity contribution in [1.82, 2.24) is 14.9 Å². The monoisotopic (exact) mass is 463 g/mol. The predicted molar refractivity (Wildman–Crippen MR) is 114 cm³/mol. The first-order valence-electron chi connectivity index (χ1n) is 9.68. The van der Waals surface area contributed by atoms with E-state index in [-0.39, 0.29) is 23.3 Å². The average molecular weight is 464 g/mol. The van der Waals surface area contributed by atoms with Crippen molar-refractivity contribution in [3.8, 4) is 0 Å². The van der Waals surface area contributed by atoms with Crippen molar-refractivity contribution in [2.24, 2.45) is 5.92 Å². The summed E-state index contributed by atoms with van der Waals surface area (Å²) in [5.74, 6) is -2.22. The van der Waals surface area contributed by atoms with E-state index in [0.717, 1.165) is 29.3 Å². The van der Waals surface area contributed by atoms with Crippen molar-refractivity contribution >= 4 is 21.4 Å². The Morgan fingerprint density at radius 1 is 1.00 bits per heavy atom. The SMILES string of the molecule is O=S(=O)(Cc1cc(F)cc(F)c1)CC1CN(Cc2cncnc2)C1c1ccc(Cl)cc1. The zero-order chi connectivity index (χ0) is 22.0. The van der Waals surface area contributed by atoms with Gasteiger partial charge in [-0.2, -0.15) is 0 Å². The quantitative estimate of drug-likeness (QED) is 0.525. The summed E-state index contributed by atoms with van der Waals surface area (Å²) >= 11 is 6.02. The first-order chi connectivity index (χ1) is 14.8. The third kappa shape index (κ3) is 5.44. The molecule has 3 aromatic rings. The molecule has 5 nitrogen and oxygen atoms in total. The number of rotatable bonds is 7. The van der Waals surface area contributed by atoms with Crippen molar-refractivity contribution in [2.75, 3.05) is 12.3 Å². The largest absolute Gasteiger partial charge is 0.291 e. The van der Waals surface area contributed by atoms with Crippen LogP contribution in [0.1, 0.15) is 22.7 Å². The highest BCUT2D eigenvalue weighted by atomic mass is 35.5. The van der Waals surface area contributed by atoms with Crippen molar-refractivity contribution in [2.45, 2.75) is 18.3 Å². The number of sulfone groups is 1. The van der Waals surface area contributed by atoms with E-state index in [2.05, 4.69) is 14.9 Å². The van der Waals surface area contributed by atoms with Gasteiger partial charge in [-0.1, -0.05) is 23.7 Å². The number of halogens is 3. The van der Waals surface area contributed by atoms with Crippen molar-refractivity contribution < 1.29 is 17.2 Å². The van der Waals surface area contributed by atoms with Gasteiger partial charge >= 0.3 is 0 Å². The zero-order valence-electron chi connectivity index (χ0n) is 16.5. The van der Waals surface area contributed by atoms with Crippen LogP contribution in [-0.4, -0.2) is 35.6 Å². The number of nitrogens with zero attached hydrogens (tertiary/aromatic N) is 3. The third-order valence-electron chi connectivity index (χ3n) is 5.30. The van der Waals surface area contributed by atoms with Crippen LogP contribution in [0.4, 0.5) is 8.78 Å². The Balaban J connectivity index is 1.52. The van der Waals surface area contributed by atoms with Crippen LogP contribution in [0.3, 0.4) is 0 Å². The number of aromatic nitrogens is 2. The van der Waals surface area contributed by atoms with Gasteiger partial charge in [-0.15, -0.1) is 0 Å². The van der Waals surface area contributed by atoms with E-state index in [0.29, 0.717) is 18.1 Å². The fraction of sp³-hybridized carbons (Fsp3) is 0.273. The highest BCUT2D eigenvalue weighted by molar-refractivity contribution is 7.90. The van der Waals surface area contributed by atoms with E-state index in [1.807, 2.05) is 12.1 Å². The van der Waals surface area contributed by atoms with Crippen LogP contribution in [0.2, 0.25) is 5.02 Å². The second-order valence-electron chi connectivity index (χ2n) is 7.76.